The fraction of sp³-hybridized carbons (Fsp3) is 0.364. The largest absolute Gasteiger partial charge is 0.370 e. The molecular formula is C33H39N9O11S2. The summed E-state index contributed by atoms with van der Waals surface area (Å²) < 4.78 is 30.0. The topological polar surface area (TPSA) is 311 Å². The Hall–Kier alpha value is -5.87. The van der Waals surface area contributed by atoms with E-state index in [9.17, 15) is 52.1 Å². The van der Waals surface area contributed by atoms with Gasteiger partial charge in [0.25, 0.3) is 5.69 Å². The first-order valence-electron chi connectivity index (χ1n) is 16.7. The molecule has 0 bridgehead atoms. The van der Waals surface area contributed by atoms with Crippen molar-refractivity contribution in [3.8, 4) is 0 Å². The second-order valence-electron chi connectivity index (χ2n) is 12.4. The van der Waals surface area contributed by atoms with Gasteiger partial charge in [0.1, 0.15) is 24.4 Å². The molecule has 5 atom stereocenters. The summed E-state index contributed by atoms with van der Waals surface area (Å²) in [6.45, 7) is 2.03. The van der Waals surface area contributed by atoms with Crippen molar-refractivity contribution >= 4 is 80.1 Å². The minimum atomic E-state index is -4.87. The molecule has 9 N–H and O–H groups in total. The highest BCUT2D eigenvalue weighted by Crippen LogP contribution is 2.36. The number of H-pyrrole nitrogens is 1. The number of carbonyl (C=O) groups is 7. The number of hydrogen-bond donors (Lipinski definition) is 8. The first-order valence-corrected chi connectivity index (χ1v) is 19.2. The van der Waals surface area contributed by atoms with Gasteiger partial charge in [0.15, 0.2) is 4.90 Å². The monoisotopic (exact) mass is 801 g/mol. The van der Waals surface area contributed by atoms with Crippen molar-refractivity contribution in [2.45, 2.75) is 60.8 Å². The van der Waals surface area contributed by atoms with Crippen LogP contribution in [0.1, 0.15) is 38.3 Å². The Morgan fingerprint density at radius 3 is 2.31 bits per heavy atom. The highest BCUT2D eigenvalue weighted by molar-refractivity contribution is 7.99. The maximum absolute atomic E-state index is 14.1. The number of nitro benzene ring substituents is 1. The van der Waals surface area contributed by atoms with Gasteiger partial charge in [0.2, 0.25) is 45.5 Å². The van der Waals surface area contributed by atoms with Crippen LogP contribution in [0.25, 0.3) is 10.9 Å². The molecule has 1 aliphatic heterocycles. The molecule has 20 nitrogen and oxygen atoms in total. The molecule has 22 heteroatoms. The van der Waals surface area contributed by atoms with Crippen LogP contribution in [0.2, 0.25) is 0 Å². The molecule has 0 spiro atoms. The van der Waals surface area contributed by atoms with Crippen LogP contribution in [-0.2, 0) is 43.6 Å². The fourth-order valence-corrected chi connectivity index (χ4v) is 8.01. The first-order chi connectivity index (χ1) is 26.1. The number of nitrogens with two attached hydrogens (primary N) is 1. The number of rotatable bonds is 11. The molecule has 3 aromatic rings. The molecule has 0 aliphatic carbocycles. The third-order valence-electron chi connectivity index (χ3n) is 8.50. The molecule has 55 heavy (non-hydrogen) atoms. The average Bonchev–Trinajstić information content (AvgIpc) is 3.52. The summed E-state index contributed by atoms with van der Waals surface area (Å²) in [5, 5.41) is 24.3. The lowest BCUT2D eigenvalue weighted by atomic mass is 9.98. The van der Waals surface area contributed by atoms with Gasteiger partial charge in [-0.05, 0) is 18.1 Å². The van der Waals surface area contributed by atoms with Crippen molar-refractivity contribution in [3.05, 3.63) is 64.2 Å². The van der Waals surface area contributed by atoms with E-state index in [0.29, 0.717) is 17.3 Å². The smallest absolute Gasteiger partial charge is 0.289 e. The Labute approximate surface area is 318 Å². The summed E-state index contributed by atoms with van der Waals surface area (Å²) >= 11 is 0.843. The minimum absolute atomic E-state index is 0.00992. The van der Waals surface area contributed by atoms with Crippen molar-refractivity contribution in [3.63, 3.8) is 0 Å². The first kappa shape index (κ1) is 41.9. The fourth-order valence-electron chi connectivity index (χ4n) is 5.54. The Morgan fingerprint density at radius 1 is 1.02 bits per heavy atom. The normalized spacial score (nSPS) is 20.0. The van der Waals surface area contributed by atoms with Crippen LogP contribution in [0.5, 0.6) is 0 Å². The van der Waals surface area contributed by atoms with E-state index in [0.717, 1.165) is 23.9 Å². The standard InChI is InChI=1S/C33H39N9O11S2/c1-3-17(2)28-31(48)35-13-25(45)38-21(30(47)37-18(15-43)12-24(34)44)16-54-33-27(19-8-4-5-9-20(19)39-33)29(32(49)36-14-26(46)40-28)41-55(52,53)23-11-7-6-10-22(23)42(50)51/h4-11,15,17-18,21,28-29,39,41H,3,12-14,16H2,1-2H3,(H2,34,44)(H,35,48)(H,36,49)(H,37,47)(H,38,45)(H,40,46)/t17?,18?,21-,28?,29?/m0/s1. The molecule has 1 aliphatic rings. The maximum atomic E-state index is 14.1. The van der Waals surface area contributed by atoms with Gasteiger partial charge in [-0.3, -0.25) is 38.9 Å². The van der Waals surface area contributed by atoms with E-state index in [2.05, 4.69) is 36.3 Å². The molecule has 4 rings (SSSR count). The van der Waals surface area contributed by atoms with E-state index in [1.54, 1.807) is 38.1 Å². The second-order valence-corrected chi connectivity index (χ2v) is 15.1. The van der Waals surface area contributed by atoms with E-state index in [4.69, 9.17) is 5.73 Å². The number of benzene rings is 2. The number of thioether (sulfide) groups is 1. The predicted molar refractivity (Wildman–Crippen MR) is 196 cm³/mol. The van der Waals surface area contributed by atoms with Gasteiger partial charge >= 0.3 is 0 Å². The van der Waals surface area contributed by atoms with Crippen LogP contribution in [0.4, 0.5) is 5.69 Å². The molecule has 294 valence electrons. The second kappa shape index (κ2) is 18.4. The molecule has 0 saturated heterocycles. The Balaban J connectivity index is 1.86. The number of nitro groups is 1. The molecule has 2 heterocycles. The summed E-state index contributed by atoms with van der Waals surface area (Å²) in [5.41, 5.74) is 4.80. The molecule has 2 aromatic carbocycles. The zero-order valence-electron chi connectivity index (χ0n) is 29.5. The van der Waals surface area contributed by atoms with Crippen LogP contribution in [-0.4, -0.2) is 97.0 Å². The van der Waals surface area contributed by atoms with Crippen LogP contribution in [0.15, 0.2) is 58.5 Å². The van der Waals surface area contributed by atoms with Crippen LogP contribution in [0, 0.1) is 16.0 Å². The number of primary amides is 1. The Bertz CT molecular complexity index is 2110. The summed E-state index contributed by atoms with van der Waals surface area (Å²) in [6, 6.07) is 4.96. The third kappa shape index (κ3) is 10.6. The molecule has 0 fully saturated rings. The summed E-state index contributed by atoms with van der Waals surface area (Å²) in [4.78, 5) is 103. The highest BCUT2D eigenvalue weighted by Gasteiger charge is 2.36. The van der Waals surface area contributed by atoms with E-state index >= 15 is 0 Å². The lowest BCUT2D eigenvalue weighted by Gasteiger charge is -2.24. The molecular weight excluding hydrogens is 763 g/mol. The Morgan fingerprint density at radius 2 is 1.65 bits per heavy atom. The van der Waals surface area contributed by atoms with Crippen molar-refractivity contribution in [2.75, 3.05) is 18.8 Å². The van der Waals surface area contributed by atoms with Gasteiger partial charge in [0, 0.05) is 28.3 Å². The van der Waals surface area contributed by atoms with Gasteiger partial charge in [0.05, 0.1) is 35.5 Å². The maximum Gasteiger partial charge on any atom is 0.289 e. The summed E-state index contributed by atoms with van der Waals surface area (Å²) in [5.74, 6) is -6.16. The number of para-hydroxylation sites is 2. The van der Waals surface area contributed by atoms with Gasteiger partial charge in [-0.25, -0.2) is 8.42 Å². The molecule has 0 saturated carbocycles. The number of aldehydes is 1. The number of sulfonamides is 1. The van der Waals surface area contributed by atoms with E-state index < -0.39 is 111 Å². The van der Waals surface area contributed by atoms with Crippen LogP contribution < -0.4 is 37.0 Å². The van der Waals surface area contributed by atoms with Gasteiger partial charge in [-0.15, -0.1) is 11.8 Å². The lowest BCUT2D eigenvalue weighted by molar-refractivity contribution is -0.387. The van der Waals surface area contributed by atoms with Crippen molar-refractivity contribution < 1.29 is 46.9 Å². The van der Waals surface area contributed by atoms with Crippen molar-refractivity contribution in [1.29, 1.82) is 0 Å². The highest BCUT2D eigenvalue weighted by atomic mass is 32.2. The molecule has 4 unspecified atom stereocenters. The van der Waals surface area contributed by atoms with Crippen molar-refractivity contribution in [2.24, 2.45) is 11.7 Å². The minimum Gasteiger partial charge on any atom is -0.370 e. The molecule has 6 amide bonds. The number of carbonyl (C=O) groups excluding carboxylic acids is 7. The lowest BCUT2D eigenvalue weighted by Crippen LogP contribution is -2.56. The zero-order valence-corrected chi connectivity index (χ0v) is 31.1. The van der Waals surface area contributed by atoms with Gasteiger partial charge in [-0.2, -0.15) is 4.72 Å². The summed E-state index contributed by atoms with van der Waals surface area (Å²) in [7, 11) is -4.87. The van der Waals surface area contributed by atoms with Crippen molar-refractivity contribution in [1.82, 2.24) is 36.3 Å². The SMILES string of the molecule is CCC(C)C1NC(=O)CNC(=O)C(NS(=O)(=O)c2ccccc2[N+](=O)[O-])c2c([nH]c3ccccc23)SC[C@@H](C(=O)NC(C=O)CC(N)=O)NC(=O)CNC1=O. The number of nitrogens with zero attached hydrogens (tertiary/aromatic N) is 1. The number of aromatic nitrogens is 1. The quantitative estimate of drug-likeness (QED) is 0.0659. The molecule has 0 radical (unpaired) electrons. The van der Waals surface area contributed by atoms with Crippen LogP contribution in [0.3, 0.4) is 0 Å². The van der Waals surface area contributed by atoms with E-state index in [-0.39, 0.29) is 22.6 Å². The summed E-state index contributed by atoms with van der Waals surface area (Å²) in [6.07, 6.45) is 0.130. The number of fused-ring (bicyclic) bond motifs is 3. The van der Waals surface area contributed by atoms with E-state index in [1.807, 2.05) is 0 Å². The number of nitrogens with one attached hydrogen (secondary N) is 7. The van der Waals surface area contributed by atoms with Gasteiger partial charge in [-0.1, -0.05) is 50.6 Å². The Kier molecular flexibility index (Phi) is 14.0. The zero-order chi connectivity index (χ0) is 40.4. The number of hydrogen-bond acceptors (Lipinski definition) is 12. The molecule has 1 aromatic heterocycles. The number of aromatic amines is 1. The number of amides is 6. The predicted octanol–water partition coefficient (Wildman–Crippen LogP) is -0.991. The van der Waals surface area contributed by atoms with Gasteiger partial charge < -0.3 is 42.1 Å². The van der Waals surface area contributed by atoms with E-state index in [1.165, 1.54) is 12.1 Å². The van der Waals surface area contributed by atoms with Crippen LogP contribution >= 0.6 is 11.8 Å². The average molecular weight is 802 g/mol. The third-order valence-corrected chi connectivity index (χ3v) is 11.1.